The van der Waals surface area contributed by atoms with Gasteiger partial charge in [-0.05, 0) is 25.0 Å². The van der Waals surface area contributed by atoms with E-state index >= 15 is 0 Å². The molecule has 0 amide bonds. The van der Waals surface area contributed by atoms with Crippen molar-refractivity contribution in [2.45, 2.75) is 26.3 Å². The van der Waals surface area contributed by atoms with Crippen LogP contribution in [0.1, 0.15) is 29.9 Å². The van der Waals surface area contributed by atoms with E-state index in [-0.39, 0.29) is 18.0 Å². The van der Waals surface area contributed by atoms with Crippen LogP contribution in [0, 0.1) is 12.7 Å². The van der Waals surface area contributed by atoms with E-state index in [1.807, 2.05) is 13.0 Å². The molecule has 0 aliphatic rings. The molecule has 0 aliphatic carbocycles. The quantitative estimate of drug-likeness (QED) is 0.745. The number of aromatic amines is 1. The fourth-order valence-electron chi connectivity index (χ4n) is 2.75. The predicted octanol–water partition coefficient (Wildman–Crippen LogP) is 2.23. The van der Waals surface area contributed by atoms with Crippen LogP contribution in [0.3, 0.4) is 0 Å². The minimum Gasteiger partial charge on any atom is -0.394 e. The Morgan fingerprint density at radius 1 is 1.36 bits per heavy atom. The molecule has 130 valence electrons. The van der Waals surface area contributed by atoms with Gasteiger partial charge in [-0.25, -0.2) is 9.37 Å². The zero-order valence-corrected chi connectivity index (χ0v) is 14.0. The maximum atomic E-state index is 14.4. The second-order valence-corrected chi connectivity index (χ2v) is 5.83. The van der Waals surface area contributed by atoms with Gasteiger partial charge in [0.2, 0.25) is 0 Å². The highest BCUT2D eigenvalue weighted by molar-refractivity contribution is 5.56. The van der Waals surface area contributed by atoms with Gasteiger partial charge in [0.1, 0.15) is 17.7 Å². The van der Waals surface area contributed by atoms with E-state index in [4.69, 9.17) is 0 Å². The van der Waals surface area contributed by atoms with E-state index in [1.165, 1.54) is 16.8 Å². The number of hydrogen-bond donors (Lipinski definition) is 2. The van der Waals surface area contributed by atoms with Gasteiger partial charge in [-0.15, -0.1) is 0 Å². The first-order valence-corrected chi connectivity index (χ1v) is 8.03. The van der Waals surface area contributed by atoms with E-state index in [1.54, 1.807) is 25.4 Å². The Kier molecular flexibility index (Phi) is 4.76. The second-order valence-electron chi connectivity index (χ2n) is 5.83. The summed E-state index contributed by atoms with van der Waals surface area (Å²) in [6, 6.07) is 5.71. The second kappa shape index (κ2) is 6.98. The van der Waals surface area contributed by atoms with E-state index in [2.05, 4.69) is 15.1 Å². The van der Waals surface area contributed by atoms with Crippen LogP contribution in [0.2, 0.25) is 0 Å². The first-order valence-electron chi connectivity index (χ1n) is 8.03. The van der Waals surface area contributed by atoms with Crippen molar-refractivity contribution in [2.75, 3.05) is 6.61 Å². The maximum Gasteiger partial charge on any atom is 0.251 e. The number of benzene rings is 1. The van der Waals surface area contributed by atoms with Gasteiger partial charge < -0.3 is 10.1 Å². The van der Waals surface area contributed by atoms with Gasteiger partial charge in [-0.1, -0.05) is 19.1 Å². The fourth-order valence-corrected chi connectivity index (χ4v) is 2.75. The molecule has 0 fully saturated rings. The summed E-state index contributed by atoms with van der Waals surface area (Å²) in [6.07, 6.45) is 3.93. The van der Waals surface area contributed by atoms with Crippen molar-refractivity contribution in [2.24, 2.45) is 0 Å². The molecule has 0 saturated heterocycles. The zero-order chi connectivity index (χ0) is 18.0. The van der Waals surface area contributed by atoms with Crippen LogP contribution in [-0.2, 0) is 6.42 Å². The largest absolute Gasteiger partial charge is 0.394 e. The van der Waals surface area contributed by atoms with Crippen LogP contribution < -0.4 is 5.56 Å². The van der Waals surface area contributed by atoms with Gasteiger partial charge >= 0.3 is 0 Å². The number of hydrogen-bond acceptors (Lipinski definition) is 4. The molecule has 0 bridgehead atoms. The third-order valence-corrected chi connectivity index (χ3v) is 4.08. The van der Waals surface area contributed by atoms with Crippen LogP contribution >= 0.6 is 0 Å². The molecule has 0 aliphatic heterocycles. The average molecular weight is 342 g/mol. The van der Waals surface area contributed by atoms with Crippen molar-refractivity contribution in [3.63, 3.8) is 0 Å². The van der Waals surface area contributed by atoms with Gasteiger partial charge in [0.25, 0.3) is 5.56 Å². The molecule has 0 unspecified atom stereocenters. The van der Waals surface area contributed by atoms with Crippen LogP contribution in [0.15, 0.2) is 41.5 Å². The minimum atomic E-state index is -0.650. The Hall–Kier alpha value is -2.80. The molecule has 6 nitrogen and oxygen atoms in total. The van der Waals surface area contributed by atoms with E-state index in [0.717, 1.165) is 12.0 Å². The molecule has 2 aromatic heterocycles. The number of nitrogens with zero attached hydrogens (tertiary/aromatic N) is 3. The maximum absolute atomic E-state index is 14.4. The number of H-pyrrole nitrogens is 1. The minimum absolute atomic E-state index is 0.254. The van der Waals surface area contributed by atoms with Crippen molar-refractivity contribution < 1.29 is 9.50 Å². The highest BCUT2D eigenvalue weighted by Crippen LogP contribution is 2.24. The Morgan fingerprint density at radius 2 is 2.16 bits per heavy atom. The summed E-state index contributed by atoms with van der Waals surface area (Å²) in [6.45, 7) is 3.34. The van der Waals surface area contributed by atoms with Crippen molar-refractivity contribution in [3.8, 4) is 11.3 Å². The molecule has 2 N–H and O–H groups in total. The molecule has 7 heteroatoms. The van der Waals surface area contributed by atoms with Crippen LogP contribution in [0.4, 0.5) is 4.39 Å². The molecule has 0 spiro atoms. The molecule has 0 saturated carbocycles. The topological polar surface area (TPSA) is 83.8 Å². The van der Waals surface area contributed by atoms with Gasteiger partial charge in [-0.3, -0.25) is 9.48 Å². The molecular formula is C18H19FN4O2. The fraction of sp³-hybridized carbons (Fsp3) is 0.278. The molecule has 1 aromatic carbocycles. The normalized spacial score (nSPS) is 12.3. The van der Waals surface area contributed by atoms with Gasteiger partial charge in [0, 0.05) is 23.4 Å². The summed E-state index contributed by atoms with van der Waals surface area (Å²) in [5, 5.41) is 14.0. The van der Waals surface area contributed by atoms with Crippen molar-refractivity contribution >= 4 is 0 Å². The molecular weight excluding hydrogens is 323 g/mol. The monoisotopic (exact) mass is 342 g/mol. The third-order valence-electron chi connectivity index (χ3n) is 4.08. The standard InChI is InChI=1S/C18H19FN4O2/c1-3-12-4-5-14(15(19)6-12)17(10-24)23-9-13(8-20-23)16-7-18(25)22-11(2)21-16/h4-9,17,24H,3,10H2,1-2H3,(H,21,22,25)/t17-/m1/s1. The van der Waals surface area contributed by atoms with Gasteiger partial charge in [0.15, 0.2) is 0 Å². The number of nitrogens with one attached hydrogen (secondary N) is 1. The lowest BCUT2D eigenvalue weighted by Gasteiger charge is -2.16. The van der Waals surface area contributed by atoms with Crippen LogP contribution in [0.5, 0.6) is 0 Å². The van der Waals surface area contributed by atoms with Crippen LogP contribution in [-0.4, -0.2) is 31.5 Å². The first kappa shape index (κ1) is 17.0. The van der Waals surface area contributed by atoms with Crippen LogP contribution in [0.25, 0.3) is 11.3 Å². The summed E-state index contributed by atoms with van der Waals surface area (Å²) < 4.78 is 15.9. The Balaban J connectivity index is 1.98. The first-order chi connectivity index (χ1) is 12.0. The van der Waals surface area contributed by atoms with Gasteiger partial charge in [0.05, 0.1) is 18.5 Å². The highest BCUT2D eigenvalue weighted by Gasteiger charge is 2.19. The molecule has 2 heterocycles. The van der Waals surface area contributed by atoms with E-state index in [0.29, 0.717) is 22.6 Å². The Morgan fingerprint density at radius 3 is 2.80 bits per heavy atom. The number of aliphatic hydroxyl groups is 1. The number of halogens is 1. The van der Waals surface area contributed by atoms with Crippen molar-refractivity contribution in [1.29, 1.82) is 0 Å². The number of aliphatic hydroxyl groups excluding tert-OH is 1. The molecule has 3 aromatic rings. The lowest BCUT2D eigenvalue weighted by atomic mass is 10.0. The number of rotatable bonds is 5. The van der Waals surface area contributed by atoms with E-state index in [9.17, 15) is 14.3 Å². The highest BCUT2D eigenvalue weighted by atomic mass is 19.1. The summed E-state index contributed by atoms with van der Waals surface area (Å²) in [5.74, 6) is 0.121. The lowest BCUT2D eigenvalue weighted by molar-refractivity contribution is 0.238. The smallest absolute Gasteiger partial charge is 0.251 e. The SMILES string of the molecule is CCc1ccc([C@@H](CO)n2cc(-c3cc(=O)[nH]c(C)n3)cn2)c(F)c1. The average Bonchev–Trinajstić information content (AvgIpc) is 3.06. The van der Waals surface area contributed by atoms with Crippen molar-refractivity contribution in [1.82, 2.24) is 19.7 Å². The summed E-state index contributed by atoms with van der Waals surface area (Å²) in [7, 11) is 0. The van der Waals surface area contributed by atoms with Crippen molar-refractivity contribution in [3.05, 3.63) is 69.8 Å². The molecule has 0 radical (unpaired) electrons. The summed E-state index contributed by atoms with van der Waals surface area (Å²) in [4.78, 5) is 18.4. The number of aromatic nitrogens is 4. The van der Waals surface area contributed by atoms with E-state index < -0.39 is 6.04 Å². The Bertz CT molecular complexity index is 948. The summed E-state index contributed by atoms with van der Waals surface area (Å²) >= 11 is 0. The summed E-state index contributed by atoms with van der Waals surface area (Å²) in [5.41, 5.74) is 2.10. The Labute approximate surface area is 144 Å². The predicted molar refractivity (Wildman–Crippen MR) is 91.8 cm³/mol. The molecule has 3 rings (SSSR count). The number of aryl methyl sites for hydroxylation is 2. The molecule has 1 atom stereocenters. The molecule has 25 heavy (non-hydrogen) atoms. The van der Waals surface area contributed by atoms with Gasteiger partial charge in [-0.2, -0.15) is 5.10 Å². The third kappa shape index (κ3) is 3.51. The lowest BCUT2D eigenvalue weighted by Crippen LogP contribution is -2.17. The zero-order valence-electron chi connectivity index (χ0n) is 14.0.